The molecule has 1 amide bonds. The zero-order valence-corrected chi connectivity index (χ0v) is 16.3. The van der Waals surface area contributed by atoms with Crippen LogP contribution in [0, 0.1) is 6.92 Å². The van der Waals surface area contributed by atoms with Crippen molar-refractivity contribution in [2.45, 2.75) is 13.3 Å². The minimum Gasteiger partial charge on any atom is -0.406 e. The number of hydrogen-bond donors (Lipinski definition) is 2. The number of rotatable bonds is 4. The number of nitrogens with one attached hydrogen (secondary N) is 2. The zero-order chi connectivity index (χ0) is 20.8. The predicted molar refractivity (Wildman–Crippen MR) is 113 cm³/mol. The summed E-state index contributed by atoms with van der Waals surface area (Å²) in [7, 11) is 1.77. The lowest BCUT2D eigenvalue weighted by Crippen LogP contribution is -2.23. The molecule has 9 nitrogen and oxygen atoms in total. The number of oxazole rings is 1. The molecule has 0 unspecified atom stereocenters. The monoisotopic (exact) mass is 402 g/mol. The van der Waals surface area contributed by atoms with E-state index in [1.807, 2.05) is 31.2 Å². The molecule has 0 atom stereocenters. The van der Waals surface area contributed by atoms with Crippen LogP contribution in [0.3, 0.4) is 0 Å². The predicted octanol–water partition coefficient (Wildman–Crippen LogP) is 2.83. The van der Waals surface area contributed by atoms with Crippen LogP contribution in [-0.2, 0) is 11.2 Å². The van der Waals surface area contributed by atoms with Crippen LogP contribution in [-0.4, -0.2) is 27.6 Å². The van der Waals surface area contributed by atoms with E-state index in [9.17, 15) is 9.59 Å². The molecule has 5 rings (SSSR count). The number of amides is 1. The van der Waals surface area contributed by atoms with Gasteiger partial charge in [-0.05, 0) is 42.8 Å². The van der Waals surface area contributed by atoms with Crippen molar-refractivity contribution in [3.63, 3.8) is 0 Å². The van der Waals surface area contributed by atoms with E-state index in [4.69, 9.17) is 4.42 Å². The summed E-state index contributed by atoms with van der Waals surface area (Å²) in [5.74, 6) is 0.368. The van der Waals surface area contributed by atoms with Gasteiger partial charge < -0.3 is 14.6 Å². The SMILES string of the molecule is Cc1cnc(Nc2ccc3c(c2)CC(=O)N3C)nc1Nn1c(=O)oc2ccccc21. The highest BCUT2D eigenvalue weighted by Crippen LogP contribution is 2.30. The van der Waals surface area contributed by atoms with Gasteiger partial charge in [0.05, 0.1) is 6.42 Å². The normalized spacial score (nSPS) is 13.0. The Morgan fingerprint density at radius 2 is 1.97 bits per heavy atom. The molecule has 0 spiro atoms. The fourth-order valence-electron chi connectivity index (χ4n) is 3.47. The van der Waals surface area contributed by atoms with Crippen LogP contribution >= 0.6 is 0 Å². The first-order valence-electron chi connectivity index (χ1n) is 9.37. The third-order valence-corrected chi connectivity index (χ3v) is 5.09. The smallest absolute Gasteiger partial charge is 0.406 e. The highest BCUT2D eigenvalue weighted by atomic mass is 16.4. The summed E-state index contributed by atoms with van der Waals surface area (Å²) in [5.41, 5.74) is 7.51. The van der Waals surface area contributed by atoms with E-state index >= 15 is 0 Å². The maximum absolute atomic E-state index is 12.2. The van der Waals surface area contributed by atoms with Gasteiger partial charge in [-0.1, -0.05) is 12.1 Å². The van der Waals surface area contributed by atoms with E-state index in [2.05, 4.69) is 20.7 Å². The molecule has 0 fully saturated rings. The molecule has 2 N–H and O–H groups in total. The number of likely N-dealkylation sites (N-methyl/N-ethyl adjacent to an activating group) is 1. The van der Waals surface area contributed by atoms with Crippen molar-refractivity contribution in [1.29, 1.82) is 0 Å². The van der Waals surface area contributed by atoms with Gasteiger partial charge in [0, 0.05) is 30.2 Å². The lowest BCUT2D eigenvalue weighted by Gasteiger charge is -2.13. The Morgan fingerprint density at radius 1 is 1.13 bits per heavy atom. The summed E-state index contributed by atoms with van der Waals surface area (Å²) in [6.45, 7) is 1.84. The minimum atomic E-state index is -0.531. The number of fused-ring (bicyclic) bond motifs is 2. The molecule has 150 valence electrons. The van der Waals surface area contributed by atoms with Crippen molar-refractivity contribution in [3.05, 3.63) is 70.3 Å². The third kappa shape index (κ3) is 2.96. The van der Waals surface area contributed by atoms with Crippen LogP contribution in [0.5, 0.6) is 0 Å². The third-order valence-electron chi connectivity index (χ3n) is 5.09. The Labute approximate surface area is 170 Å². The summed E-state index contributed by atoms with van der Waals surface area (Å²) >= 11 is 0. The van der Waals surface area contributed by atoms with Crippen molar-refractivity contribution in [2.24, 2.45) is 0 Å². The minimum absolute atomic E-state index is 0.0676. The standard InChI is InChI=1S/C21H18N6O3/c1-12-11-22-20(23-14-7-8-15-13(9-14)10-18(28)26(15)2)24-19(12)25-27-16-5-3-4-6-17(16)30-21(27)29/h3-9,11H,10H2,1-2H3,(H2,22,23,24,25). The number of hydrogen-bond acceptors (Lipinski definition) is 7. The summed E-state index contributed by atoms with van der Waals surface area (Å²) in [6, 6.07) is 12.8. The first-order valence-corrected chi connectivity index (χ1v) is 9.37. The van der Waals surface area contributed by atoms with E-state index in [0.29, 0.717) is 29.3 Å². The van der Waals surface area contributed by atoms with E-state index in [-0.39, 0.29) is 5.91 Å². The number of nitrogens with zero attached hydrogens (tertiary/aromatic N) is 4. The van der Waals surface area contributed by atoms with Crippen LogP contribution in [0.25, 0.3) is 11.1 Å². The number of benzene rings is 2. The highest BCUT2D eigenvalue weighted by Gasteiger charge is 2.24. The molecule has 0 aliphatic carbocycles. The maximum Gasteiger partial charge on any atom is 0.439 e. The Hall–Kier alpha value is -4.14. The number of aromatic nitrogens is 3. The first-order chi connectivity index (χ1) is 14.5. The number of para-hydroxylation sites is 2. The van der Waals surface area contributed by atoms with Gasteiger partial charge >= 0.3 is 5.76 Å². The summed E-state index contributed by atoms with van der Waals surface area (Å²) in [4.78, 5) is 34.6. The van der Waals surface area contributed by atoms with Crippen molar-refractivity contribution in [3.8, 4) is 0 Å². The van der Waals surface area contributed by atoms with Gasteiger partial charge in [0.25, 0.3) is 0 Å². The Kier molecular flexibility index (Phi) is 4.02. The zero-order valence-electron chi connectivity index (χ0n) is 16.3. The average molecular weight is 402 g/mol. The average Bonchev–Trinajstić information content (AvgIpc) is 3.20. The molecule has 0 saturated heterocycles. The van der Waals surface area contributed by atoms with Crippen molar-refractivity contribution in [2.75, 3.05) is 22.7 Å². The molecular weight excluding hydrogens is 384 g/mol. The van der Waals surface area contributed by atoms with Crippen molar-refractivity contribution in [1.82, 2.24) is 14.6 Å². The largest absolute Gasteiger partial charge is 0.439 e. The molecule has 4 aromatic rings. The van der Waals surface area contributed by atoms with Crippen molar-refractivity contribution < 1.29 is 9.21 Å². The molecule has 0 saturated carbocycles. The summed E-state index contributed by atoms with van der Waals surface area (Å²) in [6.07, 6.45) is 2.04. The van der Waals surface area contributed by atoms with Crippen LogP contribution in [0.1, 0.15) is 11.1 Å². The van der Waals surface area contributed by atoms with Gasteiger partial charge in [-0.2, -0.15) is 9.66 Å². The first kappa shape index (κ1) is 17.9. The number of anilines is 4. The second kappa shape index (κ2) is 6.73. The van der Waals surface area contributed by atoms with Gasteiger partial charge in [0.2, 0.25) is 11.9 Å². The maximum atomic E-state index is 12.2. The molecule has 2 aromatic carbocycles. The molecule has 30 heavy (non-hydrogen) atoms. The second-order valence-corrected chi connectivity index (χ2v) is 7.11. The summed E-state index contributed by atoms with van der Waals surface area (Å²) < 4.78 is 6.56. The molecule has 0 radical (unpaired) electrons. The van der Waals surface area contributed by atoms with E-state index in [1.54, 1.807) is 36.3 Å². The van der Waals surface area contributed by atoms with Gasteiger partial charge in [-0.3, -0.25) is 10.2 Å². The summed E-state index contributed by atoms with van der Waals surface area (Å²) in [5, 5.41) is 3.16. The molecule has 0 bridgehead atoms. The van der Waals surface area contributed by atoms with Gasteiger partial charge in [0.15, 0.2) is 11.4 Å². The van der Waals surface area contributed by atoms with Gasteiger partial charge in [-0.25, -0.2) is 9.78 Å². The van der Waals surface area contributed by atoms with Gasteiger partial charge in [0.1, 0.15) is 5.52 Å². The highest BCUT2D eigenvalue weighted by molar-refractivity contribution is 6.01. The van der Waals surface area contributed by atoms with Gasteiger partial charge in [-0.15, -0.1) is 0 Å². The molecule has 2 aromatic heterocycles. The lowest BCUT2D eigenvalue weighted by molar-refractivity contribution is -0.117. The number of carbonyl (C=O) groups excluding carboxylic acids is 1. The number of carbonyl (C=O) groups is 1. The molecule has 1 aliphatic rings. The van der Waals surface area contributed by atoms with Crippen LogP contribution in [0.15, 0.2) is 57.9 Å². The topological polar surface area (TPSA) is 105 Å². The van der Waals surface area contributed by atoms with E-state index in [0.717, 1.165) is 22.5 Å². The Morgan fingerprint density at radius 3 is 2.83 bits per heavy atom. The van der Waals surface area contributed by atoms with E-state index < -0.39 is 5.76 Å². The van der Waals surface area contributed by atoms with Crippen LogP contribution in [0.4, 0.5) is 23.1 Å². The van der Waals surface area contributed by atoms with Crippen LogP contribution in [0.2, 0.25) is 0 Å². The second-order valence-electron chi connectivity index (χ2n) is 7.11. The van der Waals surface area contributed by atoms with Crippen LogP contribution < -0.4 is 21.4 Å². The molecular formula is C21H18N6O3. The Balaban J connectivity index is 1.44. The Bertz CT molecular complexity index is 1360. The molecule has 9 heteroatoms. The van der Waals surface area contributed by atoms with E-state index in [1.165, 1.54) is 4.68 Å². The lowest BCUT2D eigenvalue weighted by atomic mass is 10.1. The molecule has 1 aliphatic heterocycles. The molecule has 3 heterocycles. The van der Waals surface area contributed by atoms with Crippen molar-refractivity contribution >= 4 is 40.1 Å². The fraction of sp³-hybridized carbons (Fsp3) is 0.143. The fourth-order valence-corrected chi connectivity index (χ4v) is 3.47. The number of aryl methyl sites for hydroxylation is 1. The quantitative estimate of drug-likeness (QED) is 0.541.